The van der Waals surface area contributed by atoms with Gasteiger partial charge >= 0.3 is 5.69 Å². The van der Waals surface area contributed by atoms with Gasteiger partial charge in [-0.25, -0.2) is 9.78 Å². The fraction of sp³-hybridized carbons (Fsp3) is 0.300. The summed E-state index contributed by atoms with van der Waals surface area (Å²) < 4.78 is 12.8. The number of hydrogen-bond acceptors (Lipinski definition) is 9. The van der Waals surface area contributed by atoms with Crippen LogP contribution in [0.1, 0.15) is 22.5 Å². The van der Waals surface area contributed by atoms with E-state index in [0.717, 1.165) is 9.13 Å². The lowest BCUT2D eigenvalue weighted by atomic mass is 10.0. The number of ether oxygens (including phenoxy) is 2. The molecule has 1 saturated heterocycles. The molecule has 12 nitrogen and oxygen atoms in total. The van der Waals surface area contributed by atoms with Crippen molar-refractivity contribution < 1.29 is 19.4 Å². The van der Waals surface area contributed by atoms with Crippen molar-refractivity contribution in [2.24, 2.45) is 14.1 Å². The number of hydrogen-bond donors (Lipinski definition) is 3. The number of aliphatic hydroxyl groups excluding tert-OH is 1. The number of nitrogens with zero attached hydrogens (tertiary/aromatic N) is 4. The van der Waals surface area contributed by atoms with E-state index < -0.39 is 23.3 Å². The number of carbonyl (C=O) groups excluding carboxylic acids is 1. The fourth-order valence-electron chi connectivity index (χ4n) is 4.93. The molecule has 44 heavy (non-hydrogen) atoms. The summed E-state index contributed by atoms with van der Waals surface area (Å²) in [4.78, 5) is 46.8. The number of amides is 1. The Morgan fingerprint density at radius 3 is 2.55 bits per heavy atom. The van der Waals surface area contributed by atoms with Crippen molar-refractivity contribution >= 4 is 34.8 Å². The van der Waals surface area contributed by atoms with Crippen LogP contribution in [-0.4, -0.2) is 62.6 Å². The van der Waals surface area contributed by atoms with Crippen molar-refractivity contribution in [3.8, 4) is 28.3 Å². The van der Waals surface area contributed by atoms with Crippen molar-refractivity contribution in [2.75, 3.05) is 25.6 Å². The van der Waals surface area contributed by atoms with Gasteiger partial charge in [-0.2, -0.15) is 0 Å². The molecule has 0 aliphatic carbocycles. The van der Waals surface area contributed by atoms with Gasteiger partial charge in [0.25, 0.3) is 11.5 Å². The summed E-state index contributed by atoms with van der Waals surface area (Å²) in [5, 5.41) is 16.7. The Balaban J connectivity index is 1.42. The van der Waals surface area contributed by atoms with Crippen LogP contribution in [0.3, 0.4) is 0 Å². The highest BCUT2D eigenvalue weighted by Crippen LogP contribution is 2.41. The van der Waals surface area contributed by atoms with E-state index in [0.29, 0.717) is 58.6 Å². The summed E-state index contributed by atoms with van der Waals surface area (Å²) in [7, 11) is 4.25. The van der Waals surface area contributed by atoms with Crippen molar-refractivity contribution in [1.29, 1.82) is 0 Å². The van der Waals surface area contributed by atoms with Crippen LogP contribution in [0.15, 0.2) is 58.4 Å². The minimum Gasteiger partial charge on any atom is -0.480 e. The number of benzene rings is 2. The van der Waals surface area contributed by atoms with E-state index in [4.69, 9.17) is 32.7 Å². The molecule has 1 fully saturated rings. The topological polar surface area (TPSA) is 150 Å². The number of nitrogens with one attached hydrogen (secondary N) is 2. The van der Waals surface area contributed by atoms with Gasteiger partial charge in [0.1, 0.15) is 11.3 Å². The molecular weight excluding hydrogens is 611 g/mol. The lowest BCUT2D eigenvalue weighted by Crippen LogP contribution is -2.46. The third-order valence-electron chi connectivity index (χ3n) is 7.37. The van der Waals surface area contributed by atoms with Gasteiger partial charge in [-0.1, -0.05) is 53.5 Å². The van der Waals surface area contributed by atoms with Gasteiger partial charge < -0.3 is 29.8 Å². The third-order valence-corrected chi connectivity index (χ3v) is 8.18. The minimum atomic E-state index is -0.729. The summed E-state index contributed by atoms with van der Waals surface area (Å²) in [5.41, 5.74) is 1.47. The zero-order chi connectivity index (χ0) is 31.5. The summed E-state index contributed by atoms with van der Waals surface area (Å²) in [6.07, 6.45) is 2.85. The predicted molar refractivity (Wildman–Crippen MR) is 166 cm³/mol. The fourth-order valence-corrected chi connectivity index (χ4v) is 5.53. The smallest absolute Gasteiger partial charge is 0.330 e. The highest BCUT2D eigenvalue weighted by atomic mass is 35.5. The molecule has 3 heterocycles. The van der Waals surface area contributed by atoms with Crippen LogP contribution in [0.4, 0.5) is 5.69 Å². The van der Waals surface area contributed by atoms with Crippen LogP contribution in [0, 0.1) is 0 Å². The average molecular weight is 642 g/mol. The molecule has 2 aromatic heterocycles. The maximum Gasteiger partial charge on any atom is 0.330 e. The molecule has 0 bridgehead atoms. The third kappa shape index (κ3) is 6.26. The van der Waals surface area contributed by atoms with Gasteiger partial charge in [0.05, 0.1) is 47.4 Å². The molecule has 4 aromatic rings. The van der Waals surface area contributed by atoms with Crippen molar-refractivity contribution in [3.63, 3.8) is 0 Å². The molecule has 14 heteroatoms. The average Bonchev–Trinajstić information content (AvgIpc) is 3.02. The first kappa shape index (κ1) is 31.4. The second kappa shape index (κ2) is 13.3. The highest BCUT2D eigenvalue weighted by molar-refractivity contribution is 6.39. The Bertz CT molecular complexity index is 1840. The molecule has 2 atom stereocenters. The van der Waals surface area contributed by atoms with Crippen molar-refractivity contribution in [3.05, 3.63) is 90.9 Å². The summed E-state index contributed by atoms with van der Waals surface area (Å²) >= 11 is 13.7. The molecule has 0 saturated carbocycles. The number of aromatic nitrogens is 4. The van der Waals surface area contributed by atoms with Crippen molar-refractivity contribution in [1.82, 2.24) is 24.4 Å². The standard InChI is InChI=1S/C30H30Cl2N6O6/c1-37-14-19(29(41)38(2)30(37)42)27(40)35-21-9-5-7-17(26(21)32)16-6-4-8-18(25(16)31)22-12-34-23(28(36-22)43-3)13-33-20-10-11-44-15-24(20)39/h4-9,12,14,20,24,33,39H,10-11,13,15H2,1-3H3,(H,35,40). The molecule has 3 N–H and O–H groups in total. The molecule has 1 aliphatic heterocycles. The zero-order valence-corrected chi connectivity index (χ0v) is 25.6. The van der Waals surface area contributed by atoms with Crippen LogP contribution in [0.5, 0.6) is 5.88 Å². The Morgan fingerprint density at radius 2 is 1.82 bits per heavy atom. The number of anilines is 1. The zero-order valence-electron chi connectivity index (χ0n) is 24.1. The van der Waals surface area contributed by atoms with E-state index in [1.54, 1.807) is 42.6 Å². The molecule has 230 valence electrons. The quantitative estimate of drug-likeness (QED) is 0.264. The summed E-state index contributed by atoms with van der Waals surface area (Å²) in [5.74, 6) is -0.409. The van der Waals surface area contributed by atoms with Crippen molar-refractivity contribution in [2.45, 2.75) is 25.1 Å². The van der Waals surface area contributed by atoms with Crippen LogP contribution < -0.4 is 26.6 Å². The molecule has 0 spiro atoms. The van der Waals surface area contributed by atoms with Gasteiger partial charge in [-0.15, -0.1) is 0 Å². The SMILES string of the molecule is COc1nc(-c2cccc(-c3cccc(NC(=O)c4cn(C)c(=O)n(C)c4=O)c3Cl)c2Cl)cnc1CNC1CCOCC1O. The number of halogens is 2. The molecular formula is C30H30Cl2N6O6. The molecule has 2 aromatic carbocycles. The Kier molecular flexibility index (Phi) is 9.47. The number of methoxy groups -OCH3 is 1. The molecule has 0 radical (unpaired) electrons. The van der Waals surface area contributed by atoms with Crippen LogP contribution in [-0.2, 0) is 25.4 Å². The highest BCUT2D eigenvalue weighted by Gasteiger charge is 2.24. The molecule has 2 unspecified atom stereocenters. The van der Waals surface area contributed by atoms with E-state index in [1.807, 2.05) is 0 Å². The summed E-state index contributed by atoms with van der Waals surface area (Å²) in [6, 6.07) is 10.3. The lowest BCUT2D eigenvalue weighted by Gasteiger charge is -2.28. The maximum atomic E-state index is 13.0. The largest absolute Gasteiger partial charge is 0.480 e. The van der Waals surface area contributed by atoms with Gasteiger partial charge in [0.2, 0.25) is 5.88 Å². The van der Waals surface area contributed by atoms with Gasteiger partial charge in [-0.05, 0) is 12.5 Å². The van der Waals surface area contributed by atoms with Crippen LogP contribution in [0.25, 0.3) is 22.4 Å². The Labute approximate surface area is 262 Å². The minimum absolute atomic E-state index is 0.127. The number of rotatable bonds is 8. The number of aryl methyl sites for hydroxylation is 1. The van der Waals surface area contributed by atoms with E-state index in [9.17, 15) is 19.5 Å². The second-order valence-electron chi connectivity index (χ2n) is 10.2. The maximum absolute atomic E-state index is 13.0. The van der Waals surface area contributed by atoms with Gasteiger partial charge in [-0.3, -0.25) is 19.1 Å². The first-order valence-electron chi connectivity index (χ1n) is 13.7. The number of aliphatic hydroxyl groups is 1. The number of carbonyl (C=O) groups is 1. The molecule has 5 rings (SSSR count). The predicted octanol–water partition coefficient (Wildman–Crippen LogP) is 3.02. The summed E-state index contributed by atoms with van der Waals surface area (Å²) in [6.45, 7) is 1.19. The monoisotopic (exact) mass is 640 g/mol. The van der Waals surface area contributed by atoms with E-state index >= 15 is 0 Å². The van der Waals surface area contributed by atoms with Crippen LogP contribution >= 0.6 is 23.2 Å². The first-order valence-corrected chi connectivity index (χ1v) is 14.4. The Morgan fingerprint density at radius 1 is 1.11 bits per heavy atom. The van der Waals surface area contributed by atoms with E-state index in [2.05, 4.69) is 20.6 Å². The second-order valence-corrected chi connectivity index (χ2v) is 11.0. The Hall–Kier alpha value is -4.07. The van der Waals surface area contributed by atoms with Gasteiger partial charge in [0.15, 0.2) is 0 Å². The van der Waals surface area contributed by atoms with E-state index in [-0.39, 0.29) is 28.9 Å². The van der Waals surface area contributed by atoms with E-state index in [1.165, 1.54) is 27.4 Å². The molecule has 1 aliphatic rings. The van der Waals surface area contributed by atoms with Crippen LogP contribution in [0.2, 0.25) is 10.0 Å². The normalized spacial score (nSPS) is 16.5. The first-order chi connectivity index (χ1) is 21.1. The molecule has 1 amide bonds. The van der Waals surface area contributed by atoms with Gasteiger partial charge in [0, 0.05) is 56.2 Å². The lowest BCUT2D eigenvalue weighted by molar-refractivity contribution is -0.0281.